The highest BCUT2D eigenvalue weighted by Crippen LogP contribution is 2.34. The van der Waals surface area contributed by atoms with Crippen LogP contribution in [0.2, 0.25) is 0 Å². The molecule has 0 aliphatic rings. The number of amides is 1. The lowest BCUT2D eigenvalue weighted by Gasteiger charge is -2.07. The predicted molar refractivity (Wildman–Crippen MR) is 117 cm³/mol. The molecule has 0 atom stereocenters. The van der Waals surface area contributed by atoms with Gasteiger partial charge in [-0.25, -0.2) is 4.98 Å². The lowest BCUT2D eigenvalue weighted by Crippen LogP contribution is -2.11. The standard InChI is InChI=1S/C22H21N3O4S/c1-12(2)11-16-19(26)18(21(28)24-16)20(27)23-13-7-9-14(10-8-13)29-22-25-15-5-3-4-6-17(15)30-22/h3-10,12,24,26,28H,11H2,1-2H3,(H,23,27). The van der Waals surface area contributed by atoms with Crippen molar-refractivity contribution in [2.45, 2.75) is 20.3 Å². The molecule has 7 nitrogen and oxygen atoms in total. The van der Waals surface area contributed by atoms with Crippen molar-refractivity contribution in [3.05, 3.63) is 59.8 Å². The van der Waals surface area contributed by atoms with Gasteiger partial charge in [0.15, 0.2) is 5.75 Å². The van der Waals surface area contributed by atoms with E-state index in [1.807, 2.05) is 38.1 Å². The Morgan fingerprint density at radius 3 is 2.60 bits per heavy atom. The number of aromatic hydroxyl groups is 2. The van der Waals surface area contributed by atoms with E-state index in [0.29, 0.717) is 28.7 Å². The Morgan fingerprint density at radius 1 is 1.17 bits per heavy atom. The van der Waals surface area contributed by atoms with Gasteiger partial charge in [0.25, 0.3) is 11.1 Å². The number of anilines is 1. The van der Waals surface area contributed by atoms with E-state index in [1.165, 1.54) is 11.3 Å². The Balaban J connectivity index is 1.45. The van der Waals surface area contributed by atoms with E-state index in [9.17, 15) is 15.0 Å². The molecule has 30 heavy (non-hydrogen) atoms. The Morgan fingerprint density at radius 2 is 1.90 bits per heavy atom. The molecule has 0 saturated heterocycles. The molecule has 1 amide bonds. The van der Waals surface area contributed by atoms with E-state index in [1.54, 1.807) is 24.3 Å². The van der Waals surface area contributed by atoms with Crippen molar-refractivity contribution in [2.75, 3.05) is 5.32 Å². The first-order chi connectivity index (χ1) is 14.4. The number of aromatic nitrogens is 2. The zero-order valence-corrected chi connectivity index (χ0v) is 17.3. The number of nitrogens with zero attached hydrogens (tertiary/aromatic N) is 1. The van der Waals surface area contributed by atoms with Crippen molar-refractivity contribution >= 4 is 33.1 Å². The maximum Gasteiger partial charge on any atom is 0.279 e. The Kier molecular flexibility index (Phi) is 5.33. The zero-order chi connectivity index (χ0) is 21.3. The highest BCUT2D eigenvalue weighted by atomic mass is 32.1. The second kappa shape index (κ2) is 8.08. The number of para-hydroxylation sites is 1. The second-order valence-corrected chi connectivity index (χ2v) is 8.29. The van der Waals surface area contributed by atoms with Crippen LogP contribution in [0.15, 0.2) is 48.5 Å². The molecule has 0 aliphatic carbocycles. The molecule has 2 aromatic carbocycles. The zero-order valence-electron chi connectivity index (χ0n) is 16.5. The molecule has 154 valence electrons. The van der Waals surface area contributed by atoms with E-state index in [-0.39, 0.29) is 23.1 Å². The molecule has 0 radical (unpaired) electrons. The molecule has 0 saturated carbocycles. The topological polar surface area (TPSA) is 107 Å². The SMILES string of the molecule is CC(C)Cc1[nH]c(O)c(C(=O)Nc2ccc(Oc3nc4ccccc4s3)cc2)c1O. The van der Waals surface area contributed by atoms with E-state index < -0.39 is 5.91 Å². The average Bonchev–Trinajstić information content (AvgIpc) is 3.22. The molecule has 0 fully saturated rings. The van der Waals surface area contributed by atoms with Gasteiger partial charge in [0.05, 0.1) is 15.9 Å². The fourth-order valence-corrected chi connectivity index (χ4v) is 3.93. The summed E-state index contributed by atoms with van der Waals surface area (Å²) < 4.78 is 6.84. The number of rotatable bonds is 6. The third kappa shape index (κ3) is 4.08. The van der Waals surface area contributed by atoms with E-state index in [4.69, 9.17) is 4.74 Å². The van der Waals surface area contributed by atoms with Crippen molar-refractivity contribution in [3.8, 4) is 22.6 Å². The first kappa shape index (κ1) is 19.8. The molecule has 0 bridgehead atoms. The number of carbonyl (C=O) groups is 1. The number of thiazole rings is 1. The molecule has 0 unspecified atom stereocenters. The third-order valence-corrected chi connectivity index (χ3v) is 5.37. The molecule has 4 N–H and O–H groups in total. The van der Waals surface area contributed by atoms with Crippen LogP contribution < -0.4 is 10.1 Å². The molecule has 4 aromatic rings. The lowest BCUT2D eigenvalue weighted by atomic mass is 10.1. The number of hydrogen-bond donors (Lipinski definition) is 4. The van der Waals surface area contributed by atoms with Gasteiger partial charge < -0.3 is 25.3 Å². The van der Waals surface area contributed by atoms with Crippen molar-refractivity contribution < 1.29 is 19.7 Å². The van der Waals surface area contributed by atoms with Crippen LogP contribution in [0.3, 0.4) is 0 Å². The number of H-pyrrole nitrogens is 1. The van der Waals surface area contributed by atoms with E-state index in [0.717, 1.165) is 10.2 Å². The number of aromatic amines is 1. The minimum atomic E-state index is -0.601. The van der Waals surface area contributed by atoms with Gasteiger partial charge in [-0.05, 0) is 48.7 Å². The summed E-state index contributed by atoms with van der Waals surface area (Å²) in [6.07, 6.45) is 0.518. The van der Waals surface area contributed by atoms with Gasteiger partial charge in [-0.1, -0.05) is 37.3 Å². The maximum absolute atomic E-state index is 12.5. The van der Waals surface area contributed by atoms with Gasteiger partial charge in [-0.15, -0.1) is 0 Å². The Labute approximate surface area is 177 Å². The van der Waals surface area contributed by atoms with Crippen LogP contribution in [0.5, 0.6) is 22.6 Å². The second-order valence-electron chi connectivity index (χ2n) is 7.30. The first-order valence-electron chi connectivity index (χ1n) is 9.48. The smallest absolute Gasteiger partial charge is 0.279 e. The molecule has 8 heteroatoms. The molecular formula is C22H21N3O4S. The number of carbonyl (C=O) groups excluding carboxylic acids is 1. The monoisotopic (exact) mass is 423 g/mol. The molecular weight excluding hydrogens is 402 g/mol. The number of ether oxygens (including phenoxy) is 1. The quantitative estimate of drug-likeness (QED) is 0.338. The number of benzene rings is 2. The largest absolute Gasteiger partial charge is 0.505 e. The number of hydrogen-bond acceptors (Lipinski definition) is 6. The maximum atomic E-state index is 12.5. The normalized spacial score (nSPS) is 11.2. The van der Waals surface area contributed by atoms with Gasteiger partial charge in [0, 0.05) is 5.69 Å². The van der Waals surface area contributed by atoms with Crippen LogP contribution in [0.25, 0.3) is 10.2 Å². The summed E-state index contributed by atoms with van der Waals surface area (Å²) in [6.45, 7) is 3.96. The average molecular weight is 423 g/mol. The summed E-state index contributed by atoms with van der Waals surface area (Å²) in [7, 11) is 0. The summed E-state index contributed by atoms with van der Waals surface area (Å²) in [5.74, 6) is -0.339. The highest BCUT2D eigenvalue weighted by Gasteiger charge is 2.23. The summed E-state index contributed by atoms with van der Waals surface area (Å²) in [4.78, 5) is 19.6. The van der Waals surface area contributed by atoms with Crippen LogP contribution in [-0.4, -0.2) is 26.1 Å². The van der Waals surface area contributed by atoms with Crippen LogP contribution in [0.1, 0.15) is 29.9 Å². The van der Waals surface area contributed by atoms with E-state index >= 15 is 0 Å². The summed E-state index contributed by atoms with van der Waals surface area (Å²) in [6, 6.07) is 14.6. The van der Waals surface area contributed by atoms with Crippen LogP contribution in [-0.2, 0) is 6.42 Å². The van der Waals surface area contributed by atoms with Crippen molar-refractivity contribution in [2.24, 2.45) is 5.92 Å². The number of nitrogens with one attached hydrogen (secondary N) is 2. The molecule has 0 spiro atoms. The van der Waals surface area contributed by atoms with E-state index in [2.05, 4.69) is 15.3 Å². The Bertz CT molecular complexity index is 1160. The minimum Gasteiger partial charge on any atom is -0.505 e. The van der Waals surface area contributed by atoms with Crippen molar-refractivity contribution in [3.63, 3.8) is 0 Å². The van der Waals surface area contributed by atoms with Crippen LogP contribution in [0, 0.1) is 5.92 Å². The molecule has 2 heterocycles. The third-order valence-electron chi connectivity index (χ3n) is 4.46. The fraction of sp³-hybridized carbons (Fsp3) is 0.182. The van der Waals surface area contributed by atoms with Crippen LogP contribution in [0.4, 0.5) is 5.69 Å². The van der Waals surface area contributed by atoms with Gasteiger partial charge in [0.2, 0.25) is 5.88 Å². The van der Waals surface area contributed by atoms with Crippen LogP contribution >= 0.6 is 11.3 Å². The van der Waals surface area contributed by atoms with Crippen molar-refractivity contribution in [1.29, 1.82) is 0 Å². The minimum absolute atomic E-state index is 0.166. The Hall–Kier alpha value is -3.52. The highest BCUT2D eigenvalue weighted by molar-refractivity contribution is 7.20. The molecule has 4 rings (SSSR count). The summed E-state index contributed by atoms with van der Waals surface area (Å²) >= 11 is 1.45. The molecule has 2 aromatic heterocycles. The molecule has 0 aliphatic heterocycles. The lowest BCUT2D eigenvalue weighted by molar-refractivity contribution is 0.102. The van der Waals surface area contributed by atoms with Gasteiger partial charge in [-0.3, -0.25) is 4.79 Å². The summed E-state index contributed by atoms with van der Waals surface area (Å²) in [5.41, 5.74) is 1.65. The fourth-order valence-electron chi connectivity index (χ4n) is 3.09. The predicted octanol–water partition coefficient (Wildman–Crippen LogP) is 5.28. The number of fused-ring (bicyclic) bond motifs is 1. The first-order valence-corrected chi connectivity index (χ1v) is 10.3. The van der Waals surface area contributed by atoms with Gasteiger partial charge >= 0.3 is 0 Å². The van der Waals surface area contributed by atoms with Gasteiger partial charge in [0.1, 0.15) is 11.3 Å². The summed E-state index contributed by atoms with van der Waals surface area (Å²) in [5, 5.41) is 23.5. The van der Waals surface area contributed by atoms with Gasteiger partial charge in [-0.2, -0.15) is 0 Å². The van der Waals surface area contributed by atoms with Crippen molar-refractivity contribution in [1.82, 2.24) is 9.97 Å².